The highest BCUT2D eigenvalue weighted by Gasteiger charge is 2.29. The van der Waals surface area contributed by atoms with Gasteiger partial charge < -0.3 is 5.32 Å². The number of hydrogen-bond acceptors (Lipinski definition) is 5. The van der Waals surface area contributed by atoms with Gasteiger partial charge in [-0.1, -0.05) is 0 Å². The molecule has 2 heterocycles. The van der Waals surface area contributed by atoms with Crippen LogP contribution in [0.1, 0.15) is 27.4 Å². The van der Waals surface area contributed by atoms with Crippen molar-refractivity contribution < 1.29 is 9.72 Å². The number of nitrogens with one attached hydrogen (secondary N) is 1. The highest BCUT2D eigenvalue weighted by Crippen LogP contribution is 2.22. The fourth-order valence-corrected chi connectivity index (χ4v) is 2.20. The first-order valence-electron chi connectivity index (χ1n) is 6.26. The summed E-state index contributed by atoms with van der Waals surface area (Å²) in [6.45, 7) is 3.58. The molecule has 0 unspecified atom stereocenters. The van der Waals surface area contributed by atoms with E-state index < -0.39 is 10.8 Å². The molecule has 112 valence electrons. The van der Waals surface area contributed by atoms with Gasteiger partial charge in [0.1, 0.15) is 5.69 Å². The minimum Gasteiger partial charge on any atom is -0.346 e. The highest BCUT2D eigenvalue weighted by atomic mass is 16.6. The summed E-state index contributed by atoms with van der Waals surface area (Å²) in [5.74, 6) is -0.534. The van der Waals surface area contributed by atoms with Crippen molar-refractivity contribution in [2.75, 3.05) is 0 Å². The second kappa shape index (κ2) is 5.35. The van der Waals surface area contributed by atoms with Crippen LogP contribution in [0.25, 0.3) is 0 Å². The maximum Gasteiger partial charge on any atom is 0.322 e. The Morgan fingerprint density at radius 2 is 2.00 bits per heavy atom. The van der Waals surface area contributed by atoms with E-state index in [1.54, 1.807) is 17.9 Å². The Kier molecular flexibility index (Phi) is 3.74. The van der Waals surface area contributed by atoms with Crippen molar-refractivity contribution in [3.8, 4) is 0 Å². The summed E-state index contributed by atoms with van der Waals surface area (Å²) in [5, 5.41) is 21.8. The van der Waals surface area contributed by atoms with Crippen molar-refractivity contribution in [2.24, 2.45) is 14.1 Å². The molecule has 1 amide bonds. The second-order valence-corrected chi connectivity index (χ2v) is 4.76. The molecule has 0 spiro atoms. The molecule has 2 aromatic rings. The van der Waals surface area contributed by atoms with E-state index in [2.05, 4.69) is 15.5 Å². The standard InChI is InChI=1S/C12H16N6O3/c1-7-9(6-16(3)14-7)5-13-12(19)11-10(18(20)21)8(2)15-17(11)4/h6H,5H2,1-4H3,(H,13,19). The Balaban J connectivity index is 2.21. The zero-order valence-electron chi connectivity index (χ0n) is 12.2. The number of aryl methyl sites for hydroxylation is 4. The summed E-state index contributed by atoms with van der Waals surface area (Å²) in [6, 6.07) is 0. The lowest BCUT2D eigenvalue weighted by molar-refractivity contribution is -0.385. The van der Waals surface area contributed by atoms with E-state index in [9.17, 15) is 14.9 Å². The number of nitrogens with zero attached hydrogens (tertiary/aromatic N) is 5. The summed E-state index contributed by atoms with van der Waals surface area (Å²) in [5.41, 5.74) is 1.54. The number of hydrogen-bond donors (Lipinski definition) is 1. The summed E-state index contributed by atoms with van der Waals surface area (Å²) >= 11 is 0. The van der Waals surface area contributed by atoms with Gasteiger partial charge in [0.2, 0.25) is 5.69 Å². The van der Waals surface area contributed by atoms with Gasteiger partial charge in [-0.3, -0.25) is 24.3 Å². The van der Waals surface area contributed by atoms with Gasteiger partial charge in [-0.15, -0.1) is 0 Å². The number of rotatable bonds is 4. The predicted molar refractivity (Wildman–Crippen MR) is 73.7 cm³/mol. The van der Waals surface area contributed by atoms with Gasteiger partial charge in [0.05, 0.1) is 10.6 Å². The average Bonchev–Trinajstić information content (AvgIpc) is 2.85. The van der Waals surface area contributed by atoms with E-state index in [4.69, 9.17) is 0 Å². The van der Waals surface area contributed by atoms with Gasteiger partial charge in [0.15, 0.2) is 0 Å². The third-order valence-electron chi connectivity index (χ3n) is 3.14. The molecule has 0 saturated carbocycles. The predicted octanol–water partition coefficient (Wildman–Crippen LogP) is 0.609. The lowest BCUT2D eigenvalue weighted by Gasteiger charge is -2.04. The first kappa shape index (κ1) is 14.7. The van der Waals surface area contributed by atoms with Crippen molar-refractivity contribution in [3.63, 3.8) is 0 Å². The molecule has 9 heteroatoms. The first-order chi connectivity index (χ1) is 9.81. The minimum atomic E-state index is -0.591. The molecule has 0 aliphatic rings. The third kappa shape index (κ3) is 2.76. The summed E-state index contributed by atoms with van der Waals surface area (Å²) < 4.78 is 2.87. The Labute approximate surface area is 120 Å². The molecule has 0 saturated heterocycles. The molecule has 0 aromatic carbocycles. The molecule has 1 N–H and O–H groups in total. The van der Waals surface area contributed by atoms with Crippen LogP contribution in [0.3, 0.4) is 0 Å². The van der Waals surface area contributed by atoms with Crippen LogP contribution >= 0.6 is 0 Å². The molecule has 2 rings (SSSR count). The van der Waals surface area contributed by atoms with Gasteiger partial charge in [-0.05, 0) is 13.8 Å². The summed E-state index contributed by atoms with van der Waals surface area (Å²) in [6.07, 6.45) is 1.79. The molecule has 9 nitrogen and oxygen atoms in total. The quantitative estimate of drug-likeness (QED) is 0.656. The number of nitro groups is 1. The van der Waals surface area contributed by atoms with E-state index in [1.165, 1.54) is 18.7 Å². The Morgan fingerprint density at radius 1 is 1.33 bits per heavy atom. The maximum absolute atomic E-state index is 12.2. The Bertz CT molecular complexity index is 715. The highest BCUT2D eigenvalue weighted by molar-refractivity contribution is 5.96. The minimum absolute atomic E-state index is 0.0564. The van der Waals surface area contributed by atoms with Crippen LogP contribution in [0, 0.1) is 24.0 Å². The number of aromatic nitrogens is 4. The van der Waals surface area contributed by atoms with Crippen LogP contribution < -0.4 is 5.32 Å². The van der Waals surface area contributed by atoms with Gasteiger partial charge in [0.25, 0.3) is 5.91 Å². The normalized spacial score (nSPS) is 10.7. The van der Waals surface area contributed by atoms with Crippen LogP contribution in [-0.2, 0) is 20.6 Å². The smallest absolute Gasteiger partial charge is 0.322 e. The van der Waals surface area contributed by atoms with E-state index in [1.807, 2.05) is 6.92 Å². The van der Waals surface area contributed by atoms with Gasteiger partial charge >= 0.3 is 5.69 Å². The lowest BCUT2D eigenvalue weighted by atomic mass is 10.2. The maximum atomic E-state index is 12.2. The fraction of sp³-hybridized carbons (Fsp3) is 0.417. The van der Waals surface area contributed by atoms with Crippen molar-refractivity contribution >= 4 is 11.6 Å². The zero-order valence-corrected chi connectivity index (χ0v) is 12.2. The van der Waals surface area contributed by atoms with Crippen LogP contribution in [-0.4, -0.2) is 30.4 Å². The molecule has 0 bridgehead atoms. The summed E-state index contributed by atoms with van der Waals surface area (Å²) in [7, 11) is 3.29. The van der Waals surface area contributed by atoms with Gasteiger partial charge in [-0.2, -0.15) is 10.2 Å². The number of amides is 1. The third-order valence-corrected chi connectivity index (χ3v) is 3.14. The number of carbonyl (C=O) groups is 1. The second-order valence-electron chi connectivity index (χ2n) is 4.76. The van der Waals surface area contributed by atoms with E-state index >= 15 is 0 Å². The average molecular weight is 292 g/mol. The van der Waals surface area contributed by atoms with Crippen molar-refractivity contribution in [2.45, 2.75) is 20.4 Å². The monoisotopic (exact) mass is 292 g/mol. The SMILES string of the molecule is Cc1nn(C)cc1CNC(=O)c1c([N+](=O)[O-])c(C)nn1C. The van der Waals surface area contributed by atoms with E-state index in [0.717, 1.165) is 11.3 Å². The summed E-state index contributed by atoms with van der Waals surface area (Å²) in [4.78, 5) is 22.7. The van der Waals surface area contributed by atoms with Crippen LogP contribution in [0.5, 0.6) is 0 Å². The zero-order chi connectivity index (χ0) is 15.7. The van der Waals surface area contributed by atoms with Gasteiger partial charge in [0, 0.05) is 32.4 Å². The van der Waals surface area contributed by atoms with Gasteiger partial charge in [-0.25, -0.2) is 0 Å². The van der Waals surface area contributed by atoms with E-state index in [-0.39, 0.29) is 23.6 Å². The molecular formula is C12H16N6O3. The first-order valence-corrected chi connectivity index (χ1v) is 6.26. The molecule has 0 aliphatic carbocycles. The Morgan fingerprint density at radius 3 is 2.52 bits per heavy atom. The molecule has 0 fully saturated rings. The topological polar surface area (TPSA) is 108 Å². The Hall–Kier alpha value is -2.71. The molecule has 0 radical (unpaired) electrons. The molecule has 2 aromatic heterocycles. The van der Waals surface area contributed by atoms with Crippen molar-refractivity contribution in [3.05, 3.63) is 39.0 Å². The van der Waals surface area contributed by atoms with Crippen LogP contribution in [0.4, 0.5) is 5.69 Å². The molecule has 0 aliphatic heterocycles. The van der Waals surface area contributed by atoms with Crippen molar-refractivity contribution in [1.82, 2.24) is 24.9 Å². The molecular weight excluding hydrogens is 276 g/mol. The lowest BCUT2D eigenvalue weighted by Crippen LogP contribution is -2.26. The molecule has 0 atom stereocenters. The van der Waals surface area contributed by atoms with Crippen LogP contribution in [0.2, 0.25) is 0 Å². The largest absolute Gasteiger partial charge is 0.346 e. The van der Waals surface area contributed by atoms with Crippen LogP contribution in [0.15, 0.2) is 6.20 Å². The van der Waals surface area contributed by atoms with Crippen molar-refractivity contribution in [1.29, 1.82) is 0 Å². The molecule has 21 heavy (non-hydrogen) atoms. The van der Waals surface area contributed by atoms with E-state index in [0.29, 0.717) is 0 Å². The fourth-order valence-electron chi connectivity index (χ4n) is 2.20. The number of carbonyl (C=O) groups excluding carboxylic acids is 1.